The van der Waals surface area contributed by atoms with Crippen molar-refractivity contribution >= 4 is 15.7 Å². The third-order valence-corrected chi connectivity index (χ3v) is 11.4. The monoisotopic (exact) mass is 609 g/mol. The van der Waals surface area contributed by atoms with Crippen LogP contribution in [0.2, 0.25) is 0 Å². The van der Waals surface area contributed by atoms with Crippen molar-refractivity contribution in [2.45, 2.75) is 85.1 Å². The normalized spacial score (nSPS) is 24.2. The van der Waals surface area contributed by atoms with E-state index in [1.807, 2.05) is 0 Å². The zero-order chi connectivity index (χ0) is 30.0. The lowest BCUT2D eigenvalue weighted by Crippen LogP contribution is -2.53. The first-order valence-corrected chi connectivity index (χ1v) is 14.8. The molecule has 1 aliphatic heterocycles. The van der Waals surface area contributed by atoms with Crippen LogP contribution in [0.4, 0.5) is 35.1 Å². The molecule has 2 aliphatic carbocycles. The van der Waals surface area contributed by atoms with Gasteiger partial charge in [-0.2, -0.15) is 26.3 Å². The van der Waals surface area contributed by atoms with Crippen LogP contribution < -0.4 is 0 Å². The molecule has 1 saturated heterocycles. The first-order valence-electron chi connectivity index (χ1n) is 13.3. The minimum atomic E-state index is -6.33. The molecule has 2 atom stereocenters. The fourth-order valence-corrected chi connectivity index (χ4v) is 9.32. The molecule has 1 saturated carbocycles. The van der Waals surface area contributed by atoms with Crippen molar-refractivity contribution in [3.05, 3.63) is 65.0 Å². The molecule has 1 amide bonds. The van der Waals surface area contributed by atoms with Gasteiger partial charge in [-0.1, -0.05) is 43.5 Å². The summed E-state index contributed by atoms with van der Waals surface area (Å²) in [5.41, 5.74) is -7.69. The third kappa shape index (κ3) is 4.44. The molecule has 2 unspecified atom stereocenters. The molecule has 3 aliphatic rings. The summed E-state index contributed by atoms with van der Waals surface area (Å²) < 4.78 is 137. The minimum Gasteiger partial charge on any atom is -0.337 e. The summed E-state index contributed by atoms with van der Waals surface area (Å²) in [7, 11) is -4.57. The van der Waals surface area contributed by atoms with E-state index in [-0.39, 0.29) is 48.8 Å². The summed E-state index contributed by atoms with van der Waals surface area (Å²) in [4.78, 5) is 14.6. The summed E-state index contributed by atoms with van der Waals surface area (Å²) in [6.07, 6.45) is -9.29. The largest absolute Gasteiger partial charge is 0.435 e. The Morgan fingerprint density at radius 3 is 2.15 bits per heavy atom. The fraction of sp³-hybridized carbons (Fsp3) is 0.536. The number of rotatable bonds is 4. The maximum absolute atomic E-state index is 14.9. The van der Waals surface area contributed by atoms with E-state index >= 15 is 0 Å². The van der Waals surface area contributed by atoms with Crippen molar-refractivity contribution in [3.63, 3.8) is 0 Å². The molecule has 0 N–H and O–H groups in total. The van der Waals surface area contributed by atoms with E-state index in [0.29, 0.717) is 25.0 Å². The van der Waals surface area contributed by atoms with Crippen molar-refractivity contribution in [3.8, 4) is 0 Å². The van der Waals surface area contributed by atoms with Gasteiger partial charge in [0.25, 0.3) is 0 Å². The Kier molecular flexibility index (Phi) is 7.22. The Bertz CT molecular complexity index is 1430. The summed E-state index contributed by atoms with van der Waals surface area (Å²) in [5.74, 6) is -1.44. The minimum absolute atomic E-state index is 0.0200. The molecule has 0 aromatic heterocycles. The van der Waals surface area contributed by atoms with Crippen molar-refractivity contribution in [2.75, 3.05) is 6.54 Å². The van der Waals surface area contributed by atoms with E-state index in [0.717, 1.165) is 43.5 Å². The second-order valence-electron chi connectivity index (χ2n) is 11.0. The first-order chi connectivity index (χ1) is 19.1. The Labute approximate surface area is 231 Å². The van der Waals surface area contributed by atoms with Crippen LogP contribution in [0.3, 0.4) is 0 Å². The summed E-state index contributed by atoms with van der Waals surface area (Å²) in [6, 6.07) is 4.69. The quantitative estimate of drug-likeness (QED) is 0.354. The van der Waals surface area contributed by atoms with Gasteiger partial charge in [0.1, 0.15) is 10.6 Å². The zero-order valence-electron chi connectivity index (χ0n) is 21.7. The number of aryl methyl sites for hydroxylation is 1. The second kappa shape index (κ2) is 9.95. The highest BCUT2D eigenvalue weighted by Gasteiger charge is 2.74. The molecule has 0 radical (unpaired) electrons. The van der Waals surface area contributed by atoms with Crippen molar-refractivity contribution in [1.29, 1.82) is 0 Å². The first kappa shape index (κ1) is 29.8. The average Bonchev–Trinajstić information content (AvgIpc) is 3.33. The van der Waals surface area contributed by atoms with Gasteiger partial charge in [-0.25, -0.2) is 17.2 Å². The lowest BCUT2D eigenvalue weighted by Gasteiger charge is -2.43. The van der Waals surface area contributed by atoms with Gasteiger partial charge in [-0.05, 0) is 61.4 Å². The molecule has 224 valence electrons. The smallest absolute Gasteiger partial charge is 0.337 e. The SMILES string of the molecule is O=C(C1CCCCC1)N1CCC2(S(=O)(=O)c3cccc(F)c3)c3ccc(C(F)(C(F)(F)F)C(F)(F)F)cc3CCC12. The Hall–Kier alpha value is -2.70. The van der Waals surface area contributed by atoms with Crippen molar-refractivity contribution < 1.29 is 48.3 Å². The molecule has 2 aromatic rings. The van der Waals surface area contributed by atoms with Crippen molar-refractivity contribution in [2.24, 2.45) is 5.92 Å². The third-order valence-electron chi connectivity index (χ3n) is 8.89. The molecule has 1 heterocycles. The molecule has 0 spiro atoms. The van der Waals surface area contributed by atoms with Crippen LogP contribution in [0.5, 0.6) is 0 Å². The number of benzene rings is 2. The lowest BCUT2D eigenvalue weighted by molar-refractivity contribution is -0.348. The van der Waals surface area contributed by atoms with Gasteiger partial charge >= 0.3 is 18.0 Å². The van der Waals surface area contributed by atoms with E-state index in [1.54, 1.807) is 0 Å². The van der Waals surface area contributed by atoms with E-state index in [9.17, 15) is 48.3 Å². The van der Waals surface area contributed by atoms with Crippen LogP contribution in [-0.2, 0) is 31.5 Å². The maximum atomic E-state index is 14.9. The van der Waals surface area contributed by atoms with E-state index in [1.165, 1.54) is 11.0 Å². The molecule has 2 fully saturated rings. The number of sulfone groups is 1. The van der Waals surface area contributed by atoms with Gasteiger partial charge in [-0.3, -0.25) is 4.79 Å². The highest BCUT2D eigenvalue weighted by atomic mass is 32.2. The Morgan fingerprint density at radius 1 is 0.878 bits per heavy atom. The molecule has 0 bridgehead atoms. The highest BCUT2D eigenvalue weighted by Crippen LogP contribution is 2.57. The van der Waals surface area contributed by atoms with Crippen LogP contribution in [0, 0.1) is 11.7 Å². The number of halogens is 8. The van der Waals surface area contributed by atoms with Gasteiger partial charge < -0.3 is 4.90 Å². The Morgan fingerprint density at radius 2 is 1.54 bits per heavy atom. The van der Waals surface area contributed by atoms with Crippen molar-refractivity contribution in [1.82, 2.24) is 4.90 Å². The predicted molar refractivity (Wildman–Crippen MR) is 132 cm³/mol. The summed E-state index contributed by atoms with van der Waals surface area (Å²) in [6.45, 7) is -0.0200. The number of carbonyl (C=O) groups is 1. The van der Waals surface area contributed by atoms with Crippen LogP contribution in [0.15, 0.2) is 47.4 Å². The van der Waals surface area contributed by atoms with E-state index in [4.69, 9.17) is 0 Å². The van der Waals surface area contributed by atoms with Gasteiger partial charge in [-0.15, -0.1) is 0 Å². The number of hydrogen-bond acceptors (Lipinski definition) is 3. The predicted octanol–water partition coefficient (Wildman–Crippen LogP) is 6.91. The number of alkyl halides is 7. The lowest BCUT2D eigenvalue weighted by atomic mass is 9.76. The van der Waals surface area contributed by atoms with E-state index < -0.39 is 54.9 Å². The van der Waals surface area contributed by atoms with Crippen LogP contribution in [0.1, 0.15) is 61.6 Å². The fourth-order valence-electron chi connectivity index (χ4n) is 6.92. The number of likely N-dealkylation sites (tertiary alicyclic amines) is 1. The van der Waals surface area contributed by atoms with Crippen LogP contribution in [0.25, 0.3) is 0 Å². The maximum Gasteiger partial charge on any atom is 0.435 e. The molecular formula is C28H27F8NO3S. The summed E-state index contributed by atoms with van der Waals surface area (Å²) >= 11 is 0. The number of carbonyl (C=O) groups excluding carboxylic acids is 1. The topological polar surface area (TPSA) is 54.5 Å². The summed E-state index contributed by atoms with van der Waals surface area (Å²) in [5, 5.41) is 0. The van der Waals surface area contributed by atoms with Crippen LogP contribution in [-0.4, -0.2) is 44.2 Å². The van der Waals surface area contributed by atoms with Gasteiger partial charge in [0, 0.05) is 18.0 Å². The molecule has 2 aromatic carbocycles. The van der Waals surface area contributed by atoms with E-state index in [2.05, 4.69) is 0 Å². The van der Waals surface area contributed by atoms with Gasteiger partial charge in [0.2, 0.25) is 5.91 Å². The number of hydrogen-bond donors (Lipinski definition) is 0. The molecule has 41 heavy (non-hydrogen) atoms. The van der Waals surface area contributed by atoms with Gasteiger partial charge in [0.05, 0.1) is 10.9 Å². The molecule has 5 rings (SSSR count). The number of amides is 1. The molecule has 4 nitrogen and oxygen atoms in total. The Balaban J connectivity index is 1.68. The standard InChI is InChI=1S/C28H27F8NO3S/c29-20-7-4-8-21(16-20)41(39,40)25-13-14-37(24(38)17-5-2-1-3-6-17)23(25)12-9-18-15-19(10-11-22(18)25)26(30,27(31,32)33)28(34,35)36/h4,7-8,10-11,15-17,23H,1-3,5-6,9,12-14H2. The molecular weight excluding hydrogens is 582 g/mol. The average molecular weight is 610 g/mol. The van der Waals surface area contributed by atoms with Gasteiger partial charge in [0.15, 0.2) is 9.84 Å². The molecule has 13 heteroatoms. The number of fused-ring (bicyclic) bond motifs is 3. The highest BCUT2D eigenvalue weighted by molar-refractivity contribution is 7.92. The number of nitrogens with zero attached hydrogens (tertiary/aromatic N) is 1. The van der Waals surface area contributed by atoms with Crippen LogP contribution >= 0.6 is 0 Å². The zero-order valence-corrected chi connectivity index (χ0v) is 22.5. The second-order valence-corrected chi connectivity index (χ2v) is 13.3.